The summed E-state index contributed by atoms with van der Waals surface area (Å²) < 4.78 is 0. The van der Waals surface area contributed by atoms with E-state index in [-0.39, 0.29) is 12.3 Å². The molecule has 0 bridgehead atoms. The van der Waals surface area contributed by atoms with Crippen molar-refractivity contribution in [1.29, 1.82) is 0 Å². The molecule has 1 fully saturated rings. The van der Waals surface area contributed by atoms with Gasteiger partial charge in [0.1, 0.15) is 11.9 Å². The highest BCUT2D eigenvalue weighted by Gasteiger charge is 2.28. The van der Waals surface area contributed by atoms with Crippen molar-refractivity contribution < 1.29 is 14.4 Å². The number of hydrogen-bond donors (Lipinski definition) is 4. The molecule has 20 heavy (non-hydrogen) atoms. The topological polar surface area (TPSA) is 126 Å². The normalized spacial score (nSPS) is 18.4. The molecule has 1 atom stereocenters. The Morgan fingerprint density at radius 1 is 1.45 bits per heavy atom. The molecule has 5 N–H and O–H groups in total. The van der Waals surface area contributed by atoms with Gasteiger partial charge >= 0.3 is 0 Å². The zero-order valence-electron chi connectivity index (χ0n) is 10.9. The first-order valence-electron chi connectivity index (χ1n) is 6.09. The lowest BCUT2D eigenvalue weighted by Gasteiger charge is -2.21. The molecule has 0 saturated carbocycles. The molecule has 1 aliphatic rings. The van der Waals surface area contributed by atoms with E-state index in [1.165, 1.54) is 6.07 Å². The molecule has 2 rings (SSSR count). The highest BCUT2D eigenvalue weighted by atomic mass is 16.2. The van der Waals surface area contributed by atoms with Crippen LogP contribution in [0.15, 0.2) is 12.1 Å². The van der Waals surface area contributed by atoms with E-state index in [2.05, 4.69) is 21.0 Å². The van der Waals surface area contributed by atoms with Gasteiger partial charge in [0.05, 0.1) is 0 Å². The van der Waals surface area contributed by atoms with Crippen molar-refractivity contribution >= 4 is 23.5 Å². The van der Waals surface area contributed by atoms with Crippen molar-refractivity contribution in [3.63, 3.8) is 0 Å². The van der Waals surface area contributed by atoms with Gasteiger partial charge in [0.15, 0.2) is 0 Å². The molecule has 2 heterocycles. The lowest BCUT2D eigenvalue weighted by Crippen LogP contribution is -2.52. The third-order valence-electron chi connectivity index (χ3n) is 2.91. The first-order chi connectivity index (χ1) is 9.49. The SMILES string of the molecule is Cc1cc(C(=O)NC2CCC(=O)NC2=O)cc(NN)n1. The molecule has 8 nitrogen and oxygen atoms in total. The standard InChI is InChI=1S/C12H15N5O3/c1-6-4-7(5-9(14-6)17-13)11(19)15-8-2-3-10(18)16-12(8)20/h4-5,8H,2-3,13H2,1H3,(H,14,17)(H,15,19)(H,16,18,20). The fourth-order valence-corrected chi connectivity index (χ4v) is 1.95. The first-order valence-corrected chi connectivity index (χ1v) is 6.09. The van der Waals surface area contributed by atoms with Gasteiger partial charge in [-0.2, -0.15) is 0 Å². The van der Waals surface area contributed by atoms with Gasteiger partial charge in [-0.25, -0.2) is 10.8 Å². The van der Waals surface area contributed by atoms with Crippen LogP contribution in [0.5, 0.6) is 0 Å². The summed E-state index contributed by atoms with van der Waals surface area (Å²) in [6.45, 7) is 1.73. The van der Waals surface area contributed by atoms with Crippen LogP contribution in [0.1, 0.15) is 28.9 Å². The number of pyridine rings is 1. The molecular weight excluding hydrogens is 262 g/mol. The minimum absolute atomic E-state index is 0.210. The Hall–Kier alpha value is -2.48. The second-order valence-electron chi connectivity index (χ2n) is 4.50. The quantitative estimate of drug-likeness (QED) is 0.326. The Morgan fingerprint density at radius 3 is 2.85 bits per heavy atom. The van der Waals surface area contributed by atoms with Crippen LogP contribution in [0.3, 0.4) is 0 Å². The summed E-state index contributed by atoms with van der Waals surface area (Å²) in [5.74, 6) is 4.40. The maximum absolute atomic E-state index is 12.1. The van der Waals surface area contributed by atoms with Gasteiger partial charge in [-0.05, 0) is 25.5 Å². The number of rotatable bonds is 3. The van der Waals surface area contributed by atoms with Crippen molar-refractivity contribution in [2.24, 2.45) is 5.84 Å². The fraction of sp³-hybridized carbons (Fsp3) is 0.333. The summed E-state index contributed by atoms with van der Waals surface area (Å²) >= 11 is 0. The lowest BCUT2D eigenvalue weighted by atomic mass is 10.1. The van der Waals surface area contributed by atoms with E-state index >= 15 is 0 Å². The van der Waals surface area contributed by atoms with Gasteiger partial charge in [0.2, 0.25) is 11.8 Å². The number of piperidine rings is 1. The Bertz CT molecular complexity index is 572. The maximum atomic E-state index is 12.1. The van der Waals surface area contributed by atoms with Crippen LogP contribution in [0.4, 0.5) is 5.82 Å². The van der Waals surface area contributed by atoms with E-state index < -0.39 is 17.9 Å². The molecule has 0 radical (unpaired) electrons. The van der Waals surface area contributed by atoms with Gasteiger partial charge in [0.25, 0.3) is 5.91 Å². The van der Waals surface area contributed by atoms with Crippen LogP contribution >= 0.6 is 0 Å². The van der Waals surface area contributed by atoms with Crippen LogP contribution in [-0.4, -0.2) is 28.7 Å². The van der Waals surface area contributed by atoms with Crippen molar-refractivity contribution in [3.05, 3.63) is 23.4 Å². The zero-order chi connectivity index (χ0) is 14.7. The molecule has 8 heteroatoms. The molecule has 1 aromatic heterocycles. The predicted octanol–water partition coefficient (Wildman–Crippen LogP) is -0.789. The second-order valence-corrected chi connectivity index (χ2v) is 4.50. The third kappa shape index (κ3) is 3.09. The number of nitrogens with zero attached hydrogens (tertiary/aromatic N) is 1. The van der Waals surface area contributed by atoms with Gasteiger partial charge in [-0.1, -0.05) is 0 Å². The summed E-state index contributed by atoms with van der Waals surface area (Å²) in [5, 5.41) is 4.77. The number of anilines is 1. The minimum Gasteiger partial charge on any atom is -0.340 e. The van der Waals surface area contributed by atoms with Gasteiger partial charge < -0.3 is 10.7 Å². The molecule has 0 aliphatic carbocycles. The van der Waals surface area contributed by atoms with Crippen molar-refractivity contribution in [2.45, 2.75) is 25.8 Å². The van der Waals surface area contributed by atoms with Crippen molar-refractivity contribution in [2.75, 3.05) is 5.43 Å². The van der Waals surface area contributed by atoms with E-state index in [4.69, 9.17) is 5.84 Å². The molecular formula is C12H15N5O3. The van der Waals surface area contributed by atoms with E-state index in [0.29, 0.717) is 23.5 Å². The fourth-order valence-electron chi connectivity index (χ4n) is 1.95. The Balaban J connectivity index is 2.10. The highest BCUT2D eigenvalue weighted by Crippen LogP contribution is 2.11. The van der Waals surface area contributed by atoms with Crippen LogP contribution < -0.4 is 21.9 Å². The van der Waals surface area contributed by atoms with Crippen LogP contribution in [-0.2, 0) is 9.59 Å². The number of nitrogen functional groups attached to an aromatic ring is 1. The van der Waals surface area contributed by atoms with Crippen LogP contribution in [0.25, 0.3) is 0 Å². The van der Waals surface area contributed by atoms with E-state index in [9.17, 15) is 14.4 Å². The van der Waals surface area contributed by atoms with Crippen molar-refractivity contribution in [1.82, 2.24) is 15.6 Å². The highest BCUT2D eigenvalue weighted by molar-refractivity contribution is 6.03. The Labute approximate surface area is 115 Å². The molecule has 0 spiro atoms. The summed E-state index contributed by atoms with van der Waals surface area (Å²) in [4.78, 5) is 38.8. The summed E-state index contributed by atoms with van der Waals surface area (Å²) in [6, 6.07) is 2.36. The molecule has 1 aromatic rings. The molecule has 1 saturated heterocycles. The first kappa shape index (κ1) is 13.9. The number of imide groups is 1. The second kappa shape index (κ2) is 5.66. The molecule has 106 valence electrons. The summed E-state index contributed by atoms with van der Waals surface area (Å²) in [7, 11) is 0. The smallest absolute Gasteiger partial charge is 0.252 e. The lowest BCUT2D eigenvalue weighted by molar-refractivity contribution is -0.134. The maximum Gasteiger partial charge on any atom is 0.252 e. The number of hydrogen-bond acceptors (Lipinski definition) is 6. The number of aryl methyl sites for hydroxylation is 1. The van der Waals surface area contributed by atoms with E-state index in [1.54, 1.807) is 13.0 Å². The van der Waals surface area contributed by atoms with E-state index in [0.717, 1.165) is 0 Å². The number of aromatic nitrogens is 1. The number of nitrogens with two attached hydrogens (primary N) is 1. The average molecular weight is 277 g/mol. The zero-order valence-corrected chi connectivity index (χ0v) is 10.9. The van der Waals surface area contributed by atoms with Gasteiger partial charge in [-0.3, -0.25) is 19.7 Å². The van der Waals surface area contributed by atoms with Gasteiger partial charge in [-0.15, -0.1) is 0 Å². The largest absolute Gasteiger partial charge is 0.340 e. The summed E-state index contributed by atoms with van der Waals surface area (Å²) in [5.41, 5.74) is 3.33. The Kier molecular flexibility index (Phi) is 3.94. The number of carbonyl (C=O) groups is 3. The number of nitrogens with one attached hydrogen (secondary N) is 3. The number of hydrazine groups is 1. The number of carbonyl (C=O) groups excluding carboxylic acids is 3. The predicted molar refractivity (Wildman–Crippen MR) is 70.4 cm³/mol. The molecule has 1 aliphatic heterocycles. The minimum atomic E-state index is -0.706. The molecule has 1 unspecified atom stereocenters. The Morgan fingerprint density at radius 2 is 2.20 bits per heavy atom. The van der Waals surface area contributed by atoms with Crippen molar-refractivity contribution in [3.8, 4) is 0 Å². The average Bonchev–Trinajstić information content (AvgIpc) is 2.41. The molecule has 0 aromatic carbocycles. The monoisotopic (exact) mass is 277 g/mol. The van der Waals surface area contributed by atoms with Crippen LogP contribution in [0, 0.1) is 6.92 Å². The van der Waals surface area contributed by atoms with Gasteiger partial charge in [0, 0.05) is 17.7 Å². The van der Waals surface area contributed by atoms with E-state index in [1.807, 2.05) is 0 Å². The summed E-state index contributed by atoms with van der Waals surface area (Å²) in [6.07, 6.45) is 0.504. The number of amides is 3. The van der Waals surface area contributed by atoms with Crippen LogP contribution in [0.2, 0.25) is 0 Å². The third-order valence-corrected chi connectivity index (χ3v) is 2.91. The molecule has 3 amide bonds.